The highest BCUT2D eigenvalue weighted by Gasteiger charge is 2.37. The van der Waals surface area contributed by atoms with Crippen molar-refractivity contribution in [2.45, 2.75) is 23.2 Å². The molecular formula is C22H26N2O4S. The average molecular weight is 415 g/mol. The Morgan fingerprint density at radius 2 is 1.86 bits per heavy atom. The summed E-state index contributed by atoms with van der Waals surface area (Å²) in [5, 5.41) is 5.49. The molecule has 0 aromatic heterocycles. The van der Waals surface area contributed by atoms with E-state index in [2.05, 4.69) is 10.6 Å². The molecule has 2 N–H and O–H groups in total. The van der Waals surface area contributed by atoms with Crippen LogP contribution in [0.1, 0.15) is 18.4 Å². The maximum absolute atomic E-state index is 12.5. The quantitative estimate of drug-likeness (QED) is 0.561. The van der Waals surface area contributed by atoms with Gasteiger partial charge in [-0.2, -0.15) is 0 Å². The molecule has 6 nitrogen and oxygen atoms in total. The van der Waals surface area contributed by atoms with Crippen molar-refractivity contribution in [1.82, 2.24) is 5.32 Å². The second kappa shape index (κ2) is 9.80. The minimum Gasteiger partial charge on any atom is -0.496 e. The Hall–Kier alpha value is -2.51. The van der Waals surface area contributed by atoms with Crippen LogP contribution in [0.4, 0.5) is 5.69 Å². The lowest BCUT2D eigenvalue weighted by Gasteiger charge is -2.38. The first-order valence-corrected chi connectivity index (χ1v) is 10.7. The molecule has 154 valence electrons. The third kappa shape index (κ3) is 5.10. The summed E-state index contributed by atoms with van der Waals surface area (Å²) < 4.78 is 11.1. The molecular weight excluding hydrogens is 388 g/mol. The van der Waals surface area contributed by atoms with Gasteiger partial charge in [-0.25, -0.2) is 0 Å². The summed E-state index contributed by atoms with van der Waals surface area (Å²) in [6.07, 6.45) is 3.44. The zero-order valence-corrected chi connectivity index (χ0v) is 17.5. The van der Waals surface area contributed by atoms with E-state index in [1.54, 1.807) is 24.9 Å². The molecule has 1 heterocycles. The van der Waals surface area contributed by atoms with Gasteiger partial charge >= 0.3 is 11.8 Å². The number of amides is 2. The fourth-order valence-electron chi connectivity index (χ4n) is 3.60. The number of hydrogen-bond donors (Lipinski definition) is 2. The van der Waals surface area contributed by atoms with Gasteiger partial charge < -0.3 is 20.1 Å². The summed E-state index contributed by atoms with van der Waals surface area (Å²) in [6.45, 7) is 1.54. The summed E-state index contributed by atoms with van der Waals surface area (Å²) >= 11 is 1.57. The molecule has 29 heavy (non-hydrogen) atoms. The van der Waals surface area contributed by atoms with E-state index in [4.69, 9.17) is 9.47 Å². The first-order valence-electron chi connectivity index (χ1n) is 9.52. The van der Waals surface area contributed by atoms with Crippen LogP contribution in [0, 0.1) is 0 Å². The van der Waals surface area contributed by atoms with E-state index in [9.17, 15) is 9.59 Å². The van der Waals surface area contributed by atoms with Crippen molar-refractivity contribution >= 4 is 29.3 Å². The Morgan fingerprint density at radius 3 is 2.59 bits per heavy atom. The summed E-state index contributed by atoms with van der Waals surface area (Å²) in [5.41, 5.74) is 1.29. The smallest absolute Gasteiger partial charge is 0.313 e. The lowest BCUT2D eigenvalue weighted by atomic mass is 9.73. The lowest BCUT2D eigenvalue weighted by Crippen LogP contribution is -2.47. The van der Waals surface area contributed by atoms with E-state index < -0.39 is 11.8 Å². The number of carbonyl (C=O) groups excluding carboxylic acids is 2. The highest BCUT2D eigenvalue weighted by atomic mass is 32.2. The average Bonchev–Trinajstić information content (AvgIpc) is 2.78. The molecule has 0 unspecified atom stereocenters. The zero-order valence-electron chi connectivity index (χ0n) is 16.7. The number of methoxy groups -OCH3 is 1. The first kappa shape index (κ1) is 21.2. The van der Waals surface area contributed by atoms with E-state index in [-0.39, 0.29) is 5.41 Å². The van der Waals surface area contributed by atoms with E-state index in [0.717, 1.165) is 29.1 Å². The van der Waals surface area contributed by atoms with Crippen LogP contribution in [-0.2, 0) is 19.7 Å². The first-order chi connectivity index (χ1) is 14.1. The van der Waals surface area contributed by atoms with Crippen molar-refractivity contribution in [3.63, 3.8) is 0 Å². The van der Waals surface area contributed by atoms with Crippen molar-refractivity contribution in [1.29, 1.82) is 0 Å². The van der Waals surface area contributed by atoms with Gasteiger partial charge in [-0.05, 0) is 43.4 Å². The van der Waals surface area contributed by atoms with Gasteiger partial charge in [0.2, 0.25) is 0 Å². The molecule has 2 aromatic rings. The molecule has 0 bridgehead atoms. The van der Waals surface area contributed by atoms with Crippen LogP contribution in [0.25, 0.3) is 0 Å². The van der Waals surface area contributed by atoms with E-state index in [1.807, 2.05) is 48.7 Å². The molecule has 2 amide bonds. The van der Waals surface area contributed by atoms with Gasteiger partial charge in [-0.15, -0.1) is 11.8 Å². The maximum Gasteiger partial charge on any atom is 0.313 e. The number of hydrogen-bond acceptors (Lipinski definition) is 5. The molecule has 1 aliphatic heterocycles. The monoisotopic (exact) mass is 414 g/mol. The van der Waals surface area contributed by atoms with Crippen molar-refractivity contribution in [3.05, 3.63) is 54.1 Å². The van der Waals surface area contributed by atoms with Crippen LogP contribution in [0.15, 0.2) is 53.4 Å². The van der Waals surface area contributed by atoms with Crippen molar-refractivity contribution < 1.29 is 19.1 Å². The molecule has 0 spiro atoms. The molecule has 0 atom stereocenters. The summed E-state index contributed by atoms with van der Waals surface area (Å²) in [6, 6.07) is 15.2. The normalized spacial score (nSPS) is 15.4. The predicted octanol–water partition coefficient (Wildman–Crippen LogP) is 3.22. The SMILES string of the molecule is COc1ccccc1C1(CNC(=O)C(=O)Nc2cccc(SC)c2)CCOCC1. The number of ether oxygens (including phenoxy) is 2. The number of carbonyl (C=O) groups is 2. The third-order valence-electron chi connectivity index (χ3n) is 5.25. The fourth-order valence-corrected chi connectivity index (χ4v) is 4.06. The number of rotatable bonds is 6. The molecule has 0 saturated carbocycles. The highest BCUT2D eigenvalue weighted by molar-refractivity contribution is 7.98. The summed E-state index contributed by atoms with van der Waals surface area (Å²) in [7, 11) is 1.64. The molecule has 1 aliphatic rings. The van der Waals surface area contributed by atoms with Gasteiger partial charge in [0, 0.05) is 41.3 Å². The molecule has 1 fully saturated rings. The second-order valence-electron chi connectivity index (χ2n) is 6.96. The molecule has 0 aliphatic carbocycles. The number of benzene rings is 2. The Balaban J connectivity index is 1.70. The van der Waals surface area contributed by atoms with Gasteiger partial charge in [-0.3, -0.25) is 9.59 Å². The second-order valence-corrected chi connectivity index (χ2v) is 7.84. The summed E-state index contributed by atoms with van der Waals surface area (Å²) in [4.78, 5) is 25.9. The number of thioether (sulfide) groups is 1. The van der Waals surface area contributed by atoms with Crippen molar-refractivity contribution in [2.75, 3.05) is 38.4 Å². The largest absolute Gasteiger partial charge is 0.496 e. The standard InChI is InChI=1S/C22H26N2O4S/c1-27-19-9-4-3-8-18(19)22(10-12-28-13-11-22)15-23-20(25)21(26)24-16-6-5-7-17(14-16)29-2/h3-9,14H,10-13,15H2,1-2H3,(H,23,25)(H,24,26). The Labute approximate surface area is 175 Å². The Bertz CT molecular complexity index is 865. The van der Waals surface area contributed by atoms with Crippen LogP contribution in [0.2, 0.25) is 0 Å². The minimum atomic E-state index is -0.675. The van der Waals surface area contributed by atoms with Gasteiger partial charge in [0.1, 0.15) is 5.75 Å². The van der Waals surface area contributed by atoms with Gasteiger partial charge in [-0.1, -0.05) is 24.3 Å². The maximum atomic E-state index is 12.5. The van der Waals surface area contributed by atoms with Crippen LogP contribution in [0.5, 0.6) is 5.75 Å². The third-order valence-corrected chi connectivity index (χ3v) is 5.97. The topological polar surface area (TPSA) is 76.7 Å². The predicted molar refractivity (Wildman–Crippen MR) is 115 cm³/mol. The molecule has 0 radical (unpaired) electrons. The zero-order chi connectivity index (χ0) is 20.7. The number of nitrogens with one attached hydrogen (secondary N) is 2. The number of para-hydroxylation sites is 1. The molecule has 3 rings (SSSR count). The van der Waals surface area contributed by atoms with Gasteiger partial charge in [0.05, 0.1) is 7.11 Å². The van der Waals surface area contributed by atoms with Crippen molar-refractivity contribution in [3.8, 4) is 5.75 Å². The minimum absolute atomic E-state index is 0.334. The Kier molecular flexibility index (Phi) is 7.17. The number of anilines is 1. The van der Waals surface area contributed by atoms with Gasteiger partial charge in [0.25, 0.3) is 0 Å². The molecule has 7 heteroatoms. The molecule has 1 saturated heterocycles. The Morgan fingerprint density at radius 1 is 1.10 bits per heavy atom. The van der Waals surface area contributed by atoms with E-state index in [1.165, 1.54) is 0 Å². The van der Waals surface area contributed by atoms with Crippen LogP contribution in [0.3, 0.4) is 0 Å². The van der Waals surface area contributed by atoms with E-state index >= 15 is 0 Å². The lowest BCUT2D eigenvalue weighted by molar-refractivity contribution is -0.136. The van der Waals surface area contributed by atoms with Crippen molar-refractivity contribution in [2.24, 2.45) is 0 Å². The van der Waals surface area contributed by atoms with E-state index in [0.29, 0.717) is 25.4 Å². The highest BCUT2D eigenvalue weighted by Crippen LogP contribution is 2.39. The fraction of sp³-hybridized carbons (Fsp3) is 0.364. The van der Waals surface area contributed by atoms with Crippen LogP contribution in [-0.4, -0.2) is 44.9 Å². The molecule has 2 aromatic carbocycles. The summed E-state index contributed by atoms with van der Waals surface area (Å²) in [5.74, 6) is -0.548. The van der Waals surface area contributed by atoms with Gasteiger partial charge in [0.15, 0.2) is 0 Å². The van der Waals surface area contributed by atoms with Crippen LogP contribution >= 0.6 is 11.8 Å². The van der Waals surface area contributed by atoms with Crippen LogP contribution < -0.4 is 15.4 Å².